The SMILES string of the molecule is C/C=C/c1nn(Cc2ccccc2)c2c1C(=O)OC(C)C2. The lowest BCUT2D eigenvalue weighted by molar-refractivity contribution is 0.0295. The van der Waals surface area contributed by atoms with Gasteiger partial charge in [0.1, 0.15) is 11.7 Å². The maximum absolute atomic E-state index is 12.1. The second-order valence-electron chi connectivity index (χ2n) is 5.27. The van der Waals surface area contributed by atoms with Crippen LogP contribution in [0.4, 0.5) is 0 Å². The number of carbonyl (C=O) groups excluding carboxylic acids is 1. The van der Waals surface area contributed by atoms with Crippen LogP contribution in [0.3, 0.4) is 0 Å². The van der Waals surface area contributed by atoms with Gasteiger partial charge in [-0.15, -0.1) is 0 Å². The van der Waals surface area contributed by atoms with Crippen molar-refractivity contribution in [2.45, 2.75) is 32.9 Å². The molecule has 0 radical (unpaired) electrons. The first-order valence-electron chi connectivity index (χ1n) is 7.16. The molecule has 4 heteroatoms. The third kappa shape index (κ3) is 2.61. The molecule has 0 fully saturated rings. The fourth-order valence-corrected chi connectivity index (χ4v) is 2.66. The Morgan fingerprint density at radius 1 is 1.38 bits per heavy atom. The Morgan fingerprint density at radius 3 is 2.86 bits per heavy atom. The lowest BCUT2D eigenvalue weighted by Crippen LogP contribution is -2.26. The van der Waals surface area contributed by atoms with Gasteiger partial charge in [-0.3, -0.25) is 4.68 Å². The number of aromatic nitrogens is 2. The summed E-state index contributed by atoms with van der Waals surface area (Å²) in [6, 6.07) is 10.1. The minimum atomic E-state index is -0.267. The Morgan fingerprint density at radius 2 is 2.14 bits per heavy atom. The van der Waals surface area contributed by atoms with E-state index in [2.05, 4.69) is 17.2 Å². The minimum Gasteiger partial charge on any atom is -0.459 e. The number of rotatable bonds is 3. The highest BCUT2D eigenvalue weighted by Crippen LogP contribution is 2.25. The molecular formula is C17H18N2O2. The highest BCUT2D eigenvalue weighted by atomic mass is 16.5. The fourth-order valence-electron chi connectivity index (χ4n) is 2.66. The van der Waals surface area contributed by atoms with Gasteiger partial charge < -0.3 is 4.74 Å². The number of ether oxygens (including phenoxy) is 1. The van der Waals surface area contributed by atoms with Gasteiger partial charge in [-0.05, 0) is 25.5 Å². The van der Waals surface area contributed by atoms with E-state index >= 15 is 0 Å². The van der Waals surface area contributed by atoms with E-state index in [9.17, 15) is 4.79 Å². The molecule has 0 saturated heterocycles. The summed E-state index contributed by atoms with van der Waals surface area (Å²) in [6.45, 7) is 4.50. The predicted molar refractivity (Wildman–Crippen MR) is 81.1 cm³/mol. The number of hydrogen-bond acceptors (Lipinski definition) is 3. The van der Waals surface area contributed by atoms with Crippen LogP contribution in [0.5, 0.6) is 0 Å². The molecule has 1 aliphatic rings. The van der Waals surface area contributed by atoms with E-state index in [0.717, 1.165) is 5.69 Å². The fraction of sp³-hybridized carbons (Fsp3) is 0.294. The molecule has 2 heterocycles. The van der Waals surface area contributed by atoms with E-state index in [1.807, 2.05) is 48.9 Å². The lowest BCUT2D eigenvalue weighted by atomic mass is 10.0. The number of cyclic esters (lactones) is 1. The number of fused-ring (bicyclic) bond motifs is 1. The van der Waals surface area contributed by atoms with Crippen molar-refractivity contribution >= 4 is 12.0 Å². The summed E-state index contributed by atoms with van der Waals surface area (Å²) in [6.07, 6.45) is 4.35. The van der Waals surface area contributed by atoms with Crippen LogP contribution in [0.2, 0.25) is 0 Å². The number of esters is 1. The smallest absolute Gasteiger partial charge is 0.342 e. The Bertz CT molecular complexity index is 686. The molecule has 1 aromatic heterocycles. The van der Waals surface area contributed by atoms with E-state index in [4.69, 9.17) is 4.74 Å². The van der Waals surface area contributed by atoms with Crippen molar-refractivity contribution in [1.82, 2.24) is 9.78 Å². The summed E-state index contributed by atoms with van der Waals surface area (Å²) in [5, 5.41) is 4.59. The lowest BCUT2D eigenvalue weighted by Gasteiger charge is -2.20. The Labute approximate surface area is 124 Å². The second-order valence-corrected chi connectivity index (χ2v) is 5.27. The van der Waals surface area contributed by atoms with Gasteiger partial charge in [0.2, 0.25) is 0 Å². The van der Waals surface area contributed by atoms with Crippen LogP contribution in [0.15, 0.2) is 36.4 Å². The zero-order valence-corrected chi connectivity index (χ0v) is 12.2. The third-order valence-electron chi connectivity index (χ3n) is 3.58. The molecule has 0 aliphatic carbocycles. The van der Waals surface area contributed by atoms with Gasteiger partial charge in [-0.2, -0.15) is 5.10 Å². The molecule has 0 N–H and O–H groups in total. The van der Waals surface area contributed by atoms with Crippen LogP contribution in [0.25, 0.3) is 6.08 Å². The molecule has 1 aliphatic heterocycles. The van der Waals surface area contributed by atoms with Crippen molar-refractivity contribution in [2.24, 2.45) is 0 Å². The van der Waals surface area contributed by atoms with E-state index in [1.165, 1.54) is 5.56 Å². The zero-order chi connectivity index (χ0) is 14.8. The average molecular weight is 282 g/mol. The van der Waals surface area contributed by atoms with Crippen molar-refractivity contribution < 1.29 is 9.53 Å². The summed E-state index contributed by atoms with van der Waals surface area (Å²) in [5.74, 6) is -0.267. The van der Waals surface area contributed by atoms with Crippen LogP contribution in [-0.4, -0.2) is 21.9 Å². The normalized spacial score (nSPS) is 17.8. The number of nitrogens with zero attached hydrogens (tertiary/aromatic N) is 2. The standard InChI is InChI=1S/C17H18N2O2/c1-3-7-14-16-15(10-12(2)21-17(16)20)19(18-14)11-13-8-5-4-6-9-13/h3-9,12H,10-11H2,1-2H3/b7-3+. The highest BCUT2D eigenvalue weighted by Gasteiger charge is 2.30. The molecule has 3 rings (SSSR count). The first kappa shape index (κ1) is 13.6. The third-order valence-corrected chi connectivity index (χ3v) is 3.58. The number of hydrogen-bond donors (Lipinski definition) is 0. The Hall–Kier alpha value is -2.36. The van der Waals surface area contributed by atoms with Gasteiger partial charge in [0, 0.05) is 6.42 Å². The monoisotopic (exact) mass is 282 g/mol. The average Bonchev–Trinajstić information content (AvgIpc) is 2.78. The molecule has 0 amide bonds. The molecule has 108 valence electrons. The van der Waals surface area contributed by atoms with Crippen LogP contribution in [0.1, 0.15) is 41.2 Å². The van der Waals surface area contributed by atoms with Crippen molar-refractivity contribution in [2.75, 3.05) is 0 Å². The summed E-state index contributed by atoms with van der Waals surface area (Å²) in [7, 11) is 0. The molecule has 1 aromatic carbocycles. The van der Waals surface area contributed by atoms with Crippen LogP contribution in [-0.2, 0) is 17.7 Å². The zero-order valence-electron chi connectivity index (χ0n) is 12.2. The molecule has 4 nitrogen and oxygen atoms in total. The van der Waals surface area contributed by atoms with E-state index < -0.39 is 0 Å². The van der Waals surface area contributed by atoms with Gasteiger partial charge >= 0.3 is 5.97 Å². The molecular weight excluding hydrogens is 264 g/mol. The molecule has 0 bridgehead atoms. The van der Waals surface area contributed by atoms with Crippen LogP contribution in [0, 0.1) is 0 Å². The van der Waals surface area contributed by atoms with E-state index in [0.29, 0.717) is 24.2 Å². The molecule has 0 saturated carbocycles. The topological polar surface area (TPSA) is 44.1 Å². The summed E-state index contributed by atoms with van der Waals surface area (Å²) < 4.78 is 7.26. The molecule has 1 unspecified atom stereocenters. The number of allylic oxidation sites excluding steroid dienone is 1. The first-order chi connectivity index (χ1) is 10.2. The van der Waals surface area contributed by atoms with Crippen LogP contribution >= 0.6 is 0 Å². The van der Waals surface area contributed by atoms with Crippen molar-refractivity contribution in [3.8, 4) is 0 Å². The maximum atomic E-state index is 12.1. The highest BCUT2D eigenvalue weighted by molar-refractivity contribution is 5.95. The summed E-state index contributed by atoms with van der Waals surface area (Å²) in [4.78, 5) is 12.1. The first-order valence-corrected chi connectivity index (χ1v) is 7.16. The molecule has 0 spiro atoms. The van der Waals surface area contributed by atoms with Crippen LogP contribution < -0.4 is 0 Å². The second kappa shape index (κ2) is 5.56. The summed E-state index contributed by atoms with van der Waals surface area (Å²) >= 11 is 0. The quantitative estimate of drug-likeness (QED) is 0.813. The maximum Gasteiger partial charge on any atom is 0.342 e. The van der Waals surface area contributed by atoms with E-state index in [-0.39, 0.29) is 12.1 Å². The number of carbonyl (C=O) groups is 1. The minimum absolute atomic E-state index is 0.102. The van der Waals surface area contributed by atoms with E-state index in [1.54, 1.807) is 0 Å². The predicted octanol–water partition coefficient (Wildman–Crippen LogP) is 3.07. The molecule has 2 aromatic rings. The largest absolute Gasteiger partial charge is 0.459 e. The Kier molecular flexibility index (Phi) is 3.60. The molecule has 21 heavy (non-hydrogen) atoms. The molecule has 1 atom stereocenters. The number of benzene rings is 1. The van der Waals surface area contributed by atoms with Gasteiger partial charge in [0.25, 0.3) is 0 Å². The van der Waals surface area contributed by atoms with Crippen molar-refractivity contribution in [1.29, 1.82) is 0 Å². The Balaban J connectivity index is 2.05. The summed E-state index contributed by atoms with van der Waals surface area (Å²) in [5.41, 5.74) is 3.44. The van der Waals surface area contributed by atoms with Gasteiger partial charge in [0.15, 0.2) is 0 Å². The van der Waals surface area contributed by atoms with Gasteiger partial charge in [0.05, 0.1) is 17.9 Å². The van der Waals surface area contributed by atoms with Crippen molar-refractivity contribution in [3.05, 3.63) is 58.9 Å². The van der Waals surface area contributed by atoms with Crippen molar-refractivity contribution in [3.63, 3.8) is 0 Å². The van der Waals surface area contributed by atoms with Gasteiger partial charge in [-0.25, -0.2) is 4.79 Å². The van der Waals surface area contributed by atoms with Gasteiger partial charge in [-0.1, -0.05) is 36.4 Å².